The van der Waals surface area contributed by atoms with Crippen molar-refractivity contribution in [1.29, 1.82) is 0 Å². The summed E-state index contributed by atoms with van der Waals surface area (Å²) in [5, 5.41) is 3.85. The molecule has 0 N–H and O–H groups in total. The summed E-state index contributed by atoms with van der Waals surface area (Å²) in [7, 11) is 0. The topological polar surface area (TPSA) is 4.93 Å². The molecule has 0 fully saturated rings. The van der Waals surface area contributed by atoms with Gasteiger partial charge < -0.3 is 4.57 Å². The quantitative estimate of drug-likeness (QED) is 0.153. The van der Waals surface area contributed by atoms with Crippen LogP contribution in [0.3, 0.4) is 0 Å². The van der Waals surface area contributed by atoms with Crippen LogP contribution in [0.15, 0.2) is 225 Å². The number of thiophene rings is 1. The Hall–Kier alpha value is -7.26. The second-order valence-electron chi connectivity index (χ2n) is 14.9. The third-order valence-electron chi connectivity index (χ3n) is 11.5. The van der Waals surface area contributed by atoms with Crippen molar-refractivity contribution < 1.29 is 0 Å². The molecule has 1 nitrogen and oxygen atoms in total. The van der Waals surface area contributed by atoms with Crippen molar-refractivity contribution in [3.63, 3.8) is 0 Å². The van der Waals surface area contributed by atoms with E-state index in [2.05, 4.69) is 229 Å². The highest BCUT2D eigenvalue weighted by Gasteiger charge is 2.16. The van der Waals surface area contributed by atoms with Crippen molar-refractivity contribution >= 4 is 42.4 Å². The van der Waals surface area contributed by atoms with Crippen LogP contribution in [0, 0.1) is 0 Å². The fourth-order valence-corrected chi connectivity index (χ4v) is 9.88. The first kappa shape index (κ1) is 34.0. The Morgan fingerprint density at radius 1 is 0.276 bits per heavy atom. The lowest BCUT2D eigenvalue weighted by molar-refractivity contribution is 1.13. The van der Waals surface area contributed by atoms with Gasteiger partial charge in [0, 0.05) is 43.0 Å². The van der Waals surface area contributed by atoms with Gasteiger partial charge in [0.15, 0.2) is 0 Å². The van der Waals surface area contributed by atoms with Crippen LogP contribution in [0.5, 0.6) is 0 Å². The zero-order chi connectivity index (χ0) is 38.4. The van der Waals surface area contributed by atoms with E-state index in [9.17, 15) is 0 Å². The number of benzene rings is 9. The molecular formula is C56H37NS. The van der Waals surface area contributed by atoms with Crippen molar-refractivity contribution in [3.05, 3.63) is 225 Å². The Morgan fingerprint density at radius 2 is 0.672 bits per heavy atom. The smallest absolute Gasteiger partial charge is 0.0535 e. The summed E-state index contributed by atoms with van der Waals surface area (Å²) < 4.78 is 5.02. The van der Waals surface area contributed by atoms with Gasteiger partial charge in [-0.15, -0.1) is 11.3 Å². The van der Waals surface area contributed by atoms with E-state index < -0.39 is 0 Å². The lowest BCUT2D eigenvalue weighted by atomic mass is 9.97. The molecule has 0 aliphatic rings. The number of hydrogen-bond acceptors (Lipinski definition) is 1. The zero-order valence-electron chi connectivity index (χ0n) is 31.7. The zero-order valence-corrected chi connectivity index (χ0v) is 32.5. The van der Waals surface area contributed by atoms with E-state index in [1.165, 1.54) is 97.8 Å². The first-order valence-electron chi connectivity index (χ1n) is 19.8. The molecule has 0 bridgehead atoms. The van der Waals surface area contributed by atoms with Gasteiger partial charge >= 0.3 is 0 Å². The van der Waals surface area contributed by atoms with Gasteiger partial charge in [-0.3, -0.25) is 0 Å². The van der Waals surface area contributed by atoms with Gasteiger partial charge in [0.05, 0.1) is 5.52 Å². The SMILES string of the molecule is c1ccc(-c2ccc(-c3ccc4c(c3)c(-c3ccc(-c5ccccc5)cc3)cn4-c3ccc(-c4cccc5c4sc4c(-c6ccccc6)cccc45)cc3)cc2)cc1. The number of aromatic nitrogens is 1. The predicted molar refractivity (Wildman–Crippen MR) is 249 cm³/mol. The molecule has 58 heavy (non-hydrogen) atoms. The molecule has 11 rings (SSSR count). The van der Waals surface area contributed by atoms with Gasteiger partial charge in [0.25, 0.3) is 0 Å². The average Bonchev–Trinajstić information content (AvgIpc) is 3.89. The van der Waals surface area contributed by atoms with Gasteiger partial charge in [0.1, 0.15) is 0 Å². The van der Waals surface area contributed by atoms with Crippen LogP contribution in [0.1, 0.15) is 0 Å². The van der Waals surface area contributed by atoms with Crippen molar-refractivity contribution in [2.75, 3.05) is 0 Å². The monoisotopic (exact) mass is 755 g/mol. The Balaban J connectivity index is 0.997. The molecule has 0 aliphatic heterocycles. The second kappa shape index (κ2) is 14.4. The molecule has 11 aromatic rings. The van der Waals surface area contributed by atoms with Crippen LogP contribution in [0.2, 0.25) is 0 Å². The van der Waals surface area contributed by atoms with Crippen molar-refractivity contribution in [2.24, 2.45) is 0 Å². The fourth-order valence-electron chi connectivity index (χ4n) is 8.51. The number of rotatable bonds is 7. The van der Waals surface area contributed by atoms with E-state index in [4.69, 9.17) is 0 Å². The van der Waals surface area contributed by atoms with Crippen LogP contribution in [-0.2, 0) is 0 Å². The van der Waals surface area contributed by atoms with Gasteiger partial charge in [0.2, 0.25) is 0 Å². The normalized spacial score (nSPS) is 11.4. The number of hydrogen-bond donors (Lipinski definition) is 0. The minimum absolute atomic E-state index is 1.13. The molecule has 0 saturated heterocycles. The van der Waals surface area contributed by atoms with E-state index in [0.29, 0.717) is 0 Å². The Morgan fingerprint density at radius 3 is 1.21 bits per heavy atom. The maximum absolute atomic E-state index is 2.37. The Bertz CT molecular complexity index is 3210. The lowest BCUT2D eigenvalue weighted by Gasteiger charge is -2.09. The Kier molecular flexibility index (Phi) is 8.42. The summed E-state index contributed by atoms with van der Waals surface area (Å²) in [6.45, 7) is 0. The summed E-state index contributed by atoms with van der Waals surface area (Å²) in [4.78, 5) is 0. The van der Waals surface area contributed by atoms with Gasteiger partial charge in [-0.2, -0.15) is 0 Å². The third-order valence-corrected chi connectivity index (χ3v) is 12.8. The van der Waals surface area contributed by atoms with Crippen molar-refractivity contribution in [3.8, 4) is 72.4 Å². The minimum Gasteiger partial charge on any atom is -0.316 e. The maximum atomic E-state index is 2.37. The first-order chi connectivity index (χ1) is 28.7. The van der Waals surface area contributed by atoms with Gasteiger partial charge in [-0.25, -0.2) is 0 Å². The van der Waals surface area contributed by atoms with E-state index in [-0.39, 0.29) is 0 Å². The fraction of sp³-hybridized carbons (Fsp3) is 0. The maximum Gasteiger partial charge on any atom is 0.0535 e. The van der Waals surface area contributed by atoms with Crippen LogP contribution in [0.4, 0.5) is 0 Å². The highest BCUT2D eigenvalue weighted by atomic mass is 32.1. The summed E-state index contributed by atoms with van der Waals surface area (Å²) in [5.41, 5.74) is 17.1. The highest BCUT2D eigenvalue weighted by molar-refractivity contribution is 7.26. The average molecular weight is 756 g/mol. The molecule has 0 unspecified atom stereocenters. The number of fused-ring (bicyclic) bond motifs is 4. The molecular weight excluding hydrogens is 719 g/mol. The number of nitrogens with zero attached hydrogens (tertiary/aromatic N) is 1. The van der Waals surface area contributed by atoms with E-state index in [0.717, 1.165) is 5.69 Å². The van der Waals surface area contributed by atoms with E-state index in [1.807, 2.05) is 11.3 Å². The predicted octanol–water partition coefficient (Wildman–Crippen LogP) is 16.0. The van der Waals surface area contributed by atoms with Gasteiger partial charge in [-0.05, 0) is 85.5 Å². The summed E-state index contributed by atoms with van der Waals surface area (Å²) in [6.07, 6.45) is 2.32. The molecule has 272 valence electrons. The van der Waals surface area contributed by atoms with Crippen LogP contribution < -0.4 is 0 Å². The first-order valence-corrected chi connectivity index (χ1v) is 20.6. The van der Waals surface area contributed by atoms with Gasteiger partial charge in [-0.1, -0.05) is 194 Å². The third kappa shape index (κ3) is 6.03. The lowest BCUT2D eigenvalue weighted by Crippen LogP contribution is -1.92. The van der Waals surface area contributed by atoms with Crippen molar-refractivity contribution in [2.45, 2.75) is 0 Å². The van der Waals surface area contributed by atoms with E-state index in [1.54, 1.807) is 0 Å². The molecule has 2 heteroatoms. The molecule has 0 spiro atoms. The van der Waals surface area contributed by atoms with Crippen molar-refractivity contribution in [1.82, 2.24) is 4.57 Å². The summed E-state index contributed by atoms with van der Waals surface area (Å²) in [5.74, 6) is 0. The standard InChI is InChI=1S/C56H37NS/c1-4-12-38(13-5-1)40-22-24-42(25-23-40)46-32-35-54-52(36-46)53(45-28-26-41(27-29-45)39-14-6-2-7-15-39)37-57(54)47-33-30-44(31-34-47)49-19-11-21-51-50-20-10-18-48(55(50)58-56(49)51)43-16-8-3-9-17-43/h1-37H. The highest BCUT2D eigenvalue weighted by Crippen LogP contribution is 2.44. The molecule has 0 radical (unpaired) electrons. The molecule has 0 aliphatic carbocycles. The van der Waals surface area contributed by atoms with E-state index >= 15 is 0 Å². The molecule has 0 amide bonds. The molecule has 9 aromatic carbocycles. The largest absolute Gasteiger partial charge is 0.316 e. The molecule has 2 aromatic heterocycles. The van der Waals surface area contributed by atoms with Crippen LogP contribution in [-0.4, -0.2) is 4.57 Å². The molecule has 0 saturated carbocycles. The molecule has 0 atom stereocenters. The Labute approximate surface area is 342 Å². The second-order valence-corrected chi connectivity index (χ2v) is 15.9. The summed E-state index contributed by atoms with van der Waals surface area (Å²) >= 11 is 1.90. The molecule has 2 heterocycles. The minimum atomic E-state index is 1.13. The summed E-state index contributed by atoms with van der Waals surface area (Å²) in [6, 6.07) is 79.4. The van der Waals surface area contributed by atoms with Crippen LogP contribution >= 0.6 is 11.3 Å². The van der Waals surface area contributed by atoms with Crippen LogP contribution in [0.25, 0.3) is 104 Å².